The SMILES string of the molecule is O=C(NC(c1ccccc1)c1ccncc1)c1ccco1. The molecule has 1 N–H and O–H groups in total. The predicted octanol–water partition coefficient (Wildman–Crippen LogP) is 3.19. The van der Waals surface area contributed by atoms with Gasteiger partial charge >= 0.3 is 0 Å². The maximum absolute atomic E-state index is 12.2. The number of carbonyl (C=O) groups excluding carboxylic acids is 1. The van der Waals surface area contributed by atoms with Crippen LogP contribution in [-0.2, 0) is 0 Å². The predicted molar refractivity (Wildman–Crippen MR) is 78.7 cm³/mol. The summed E-state index contributed by atoms with van der Waals surface area (Å²) in [5.41, 5.74) is 1.97. The molecule has 2 heterocycles. The topological polar surface area (TPSA) is 55.1 Å². The monoisotopic (exact) mass is 278 g/mol. The summed E-state index contributed by atoms with van der Waals surface area (Å²) in [7, 11) is 0. The van der Waals surface area contributed by atoms with Crippen LogP contribution in [-0.4, -0.2) is 10.9 Å². The summed E-state index contributed by atoms with van der Waals surface area (Å²) in [5, 5.41) is 2.99. The number of carbonyl (C=O) groups is 1. The first-order chi connectivity index (χ1) is 10.3. The highest BCUT2D eigenvalue weighted by molar-refractivity contribution is 5.91. The molecule has 1 unspecified atom stereocenters. The molecule has 0 radical (unpaired) electrons. The Morgan fingerprint density at radius 3 is 2.33 bits per heavy atom. The van der Waals surface area contributed by atoms with Crippen LogP contribution in [0.2, 0.25) is 0 Å². The van der Waals surface area contributed by atoms with E-state index in [2.05, 4.69) is 10.3 Å². The summed E-state index contributed by atoms with van der Waals surface area (Å²) in [6, 6.07) is 16.7. The number of hydrogen-bond donors (Lipinski definition) is 1. The van der Waals surface area contributed by atoms with Gasteiger partial charge in [0.2, 0.25) is 0 Å². The van der Waals surface area contributed by atoms with E-state index in [9.17, 15) is 4.79 Å². The zero-order valence-corrected chi connectivity index (χ0v) is 11.3. The van der Waals surface area contributed by atoms with E-state index in [0.717, 1.165) is 11.1 Å². The van der Waals surface area contributed by atoms with E-state index in [4.69, 9.17) is 4.42 Å². The fourth-order valence-electron chi connectivity index (χ4n) is 2.17. The molecule has 1 atom stereocenters. The minimum absolute atomic E-state index is 0.244. The first kappa shape index (κ1) is 13.1. The highest BCUT2D eigenvalue weighted by Gasteiger charge is 2.18. The van der Waals surface area contributed by atoms with Crippen LogP contribution in [0.3, 0.4) is 0 Å². The third-order valence-electron chi connectivity index (χ3n) is 3.19. The second-order valence-corrected chi connectivity index (χ2v) is 4.58. The highest BCUT2D eigenvalue weighted by Crippen LogP contribution is 2.21. The van der Waals surface area contributed by atoms with Crippen molar-refractivity contribution in [1.29, 1.82) is 0 Å². The van der Waals surface area contributed by atoms with Crippen LogP contribution in [0.25, 0.3) is 0 Å². The van der Waals surface area contributed by atoms with Gasteiger partial charge in [0.05, 0.1) is 12.3 Å². The summed E-state index contributed by atoms with van der Waals surface area (Å²) in [4.78, 5) is 16.3. The smallest absolute Gasteiger partial charge is 0.287 e. The minimum atomic E-state index is -0.245. The van der Waals surface area contributed by atoms with Gasteiger partial charge in [0.15, 0.2) is 5.76 Å². The second-order valence-electron chi connectivity index (χ2n) is 4.58. The van der Waals surface area contributed by atoms with E-state index in [1.807, 2.05) is 42.5 Å². The average Bonchev–Trinajstić information content (AvgIpc) is 3.09. The van der Waals surface area contributed by atoms with Gasteiger partial charge in [0.1, 0.15) is 0 Å². The number of rotatable bonds is 4. The zero-order chi connectivity index (χ0) is 14.5. The van der Waals surface area contributed by atoms with E-state index >= 15 is 0 Å². The van der Waals surface area contributed by atoms with Crippen molar-refractivity contribution in [2.75, 3.05) is 0 Å². The fourth-order valence-corrected chi connectivity index (χ4v) is 2.17. The number of furan rings is 1. The van der Waals surface area contributed by atoms with Gasteiger partial charge in [-0.25, -0.2) is 0 Å². The van der Waals surface area contributed by atoms with Crippen LogP contribution in [0.1, 0.15) is 27.7 Å². The lowest BCUT2D eigenvalue weighted by Gasteiger charge is -2.19. The lowest BCUT2D eigenvalue weighted by atomic mass is 9.99. The summed E-state index contributed by atoms with van der Waals surface area (Å²) in [5.74, 6) is 0.0515. The molecule has 0 saturated carbocycles. The fraction of sp³-hybridized carbons (Fsp3) is 0.0588. The van der Waals surface area contributed by atoms with Gasteiger partial charge in [-0.2, -0.15) is 0 Å². The minimum Gasteiger partial charge on any atom is -0.459 e. The number of hydrogen-bond acceptors (Lipinski definition) is 3. The Kier molecular flexibility index (Phi) is 3.78. The molecule has 104 valence electrons. The van der Waals surface area contributed by atoms with Crippen molar-refractivity contribution >= 4 is 5.91 Å². The normalized spacial score (nSPS) is 11.8. The molecule has 0 aliphatic rings. The Bertz CT molecular complexity index is 655. The number of benzene rings is 1. The van der Waals surface area contributed by atoms with Crippen LogP contribution < -0.4 is 5.32 Å². The summed E-state index contributed by atoms with van der Waals surface area (Å²) in [6.07, 6.45) is 4.91. The molecule has 4 heteroatoms. The van der Waals surface area contributed by atoms with Gasteiger partial charge in [0.25, 0.3) is 5.91 Å². The number of nitrogens with one attached hydrogen (secondary N) is 1. The number of amides is 1. The van der Waals surface area contributed by atoms with E-state index in [-0.39, 0.29) is 11.9 Å². The van der Waals surface area contributed by atoms with Crippen molar-refractivity contribution in [3.63, 3.8) is 0 Å². The Hall–Kier alpha value is -2.88. The van der Waals surface area contributed by atoms with Crippen molar-refractivity contribution in [3.05, 3.63) is 90.1 Å². The Labute approximate surface area is 122 Å². The summed E-state index contributed by atoms with van der Waals surface area (Å²) in [6.45, 7) is 0. The molecule has 2 aromatic heterocycles. The number of pyridine rings is 1. The molecule has 3 rings (SSSR count). The van der Waals surface area contributed by atoms with Crippen LogP contribution >= 0.6 is 0 Å². The van der Waals surface area contributed by atoms with Crippen molar-refractivity contribution < 1.29 is 9.21 Å². The van der Waals surface area contributed by atoms with Crippen LogP contribution in [0.4, 0.5) is 0 Å². The maximum Gasteiger partial charge on any atom is 0.287 e. The molecular formula is C17H14N2O2. The van der Waals surface area contributed by atoms with Crippen molar-refractivity contribution in [2.45, 2.75) is 6.04 Å². The van der Waals surface area contributed by atoms with Gasteiger partial charge in [-0.15, -0.1) is 0 Å². The zero-order valence-electron chi connectivity index (χ0n) is 11.3. The average molecular weight is 278 g/mol. The van der Waals surface area contributed by atoms with E-state index in [1.165, 1.54) is 6.26 Å². The van der Waals surface area contributed by atoms with Crippen LogP contribution in [0.15, 0.2) is 77.7 Å². The van der Waals surface area contributed by atoms with E-state index < -0.39 is 0 Å². The van der Waals surface area contributed by atoms with Crippen molar-refractivity contribution in [1.82, 2.24) is 10.3 Å². The number of nitrogens with zero attached hydrogens (tertiary/aromatic N) is 1. The Balaban J connectivity index is 1.92. The standard InChI is InChI=1S/C17H14N2O2/c20-17(15-7-4-12-21-15)19-16(13-5-2-1-3-6-13)14-8-10-18-11-9-14/h1-12,16H,(H,19,20). The Morgan fingerprint density at radius 2 is 1.67 bits per heavy atom. The molecule has 0 saturated heterocycles. The molecule has 0 fully saturated rings. The quantitative estimate of drug-likeness (QED) is 0.797. The summed E-state index contributed by atoms with van der Waals surface area (Å²) < 4.78 is 5.14. The molecule has 21 heavy (non-hydrogen) atoms. The van der Waals surface area contributed by atoms with Gasteiger partial charge in [-0.3, -0.25) is 9.78 Å². The molecule has 0 aliphatic carbocycles. The second kappa shape index (κ2) is 6.05. The van der Waals surface area contributed by atoms with Crippen molar-refractivity contribution in [3.8, 4) is 0 Å². The van der Waals surface area contributed by atoms with Gasteiger partial charge in [0, 0.05) is 12.4 Å². The molecule has 3 aromatic rings. The number of aromatic nitrogens is 1. The van der Waals surface area contributed by atoms with E-state index in [1.54, 1.807) is 24.5 Å². The molecule has 4 nitrogen and oxygen atoms in total. The van der Waals surface area contributed by atoms with Crippen LogP contribution in [0.5, 0.6) is 0 Å². The largest absolute Gasteiger partial charge is 0.459 e. The van der Waals surface area contributed by atoms with Crippen molar-refractivity contribution in [2.24, 2.45) is 0 Å². The highest BCUT2D eigenvalue weighted by atomic mass is 16.3. The molecule has 1 amide bonds. The first-order valence-corrected chi connectivity index (χ1v) is 6.64. The molecule has 0 bridgehead atoms. The van der Waals surface area contributed by atoms with Gasteiger partial charge < -0.3 is 9.73 Å². The first-order valence-electron chi connectivity index (χ1n) is 6.64. The van der Waals surface area contributed by atoms with E-state index in [0.29, 0.717) is 5.76 Å². The Morgan fingerprint density at radius 1 is 0.952 bits per heavy atom. The van der Waals surface area contributed by atoms with Crippen LogP contribution in [0, 0.1) is 0 Å². The molecule has 1 aromatic carbocycles. The molecule has 0 aliphatic heterocycles. The summed E-state index contributed by atoms with van der Waals surface area (Å²) >= 11 is 0. The third kappa shape index (κ3) is 3.00. The molecule has 0 spiro atoms. The van der Waals surface area contributed by atoms with Gasteiger partial charge in [-0.05, 0) is 35.4 Å². The maximum atomic E-state index is 12.2. The van der Waals surface area contributed by atoms with Gasteiger partial charge in [-0.1, -0.05) is 30.3 Å². The lowest BCUT2D eigenvalue weighted by Crippen LogP contribution is -2.29. The third-order valence-corrected chi connectivity index (χ3v) is 3.19. The lowest BCUT2D eigenvalue weighted by molar-refractivity contribution is 0.0915. The molecular weight excluding hydrogens is 264 g/mol.